The summed E-state index contributed by atoms with van der Waals surface area (Å²) in [7, 11) is 0. The summed E-state index contributed by atoms with van der Waals surface area (Å²) in [5.41, 5.74) is 1.85. The maximum atomic E-state index is 12.2. The first-order valence-corrected chi connectivity index (χ1v) is 7.25. The summed E-state index contributed by atoms with van der Waals surface area (Å²) >= 11 is 1.50. The molecule has 0 fully saturated rings. The standard InChI is InChI=1S/C13H13N5O2S/c1-8-10(4-15-13-16-7-17-18(8)13)12(20)14-5-11(19)9-2-3-21-6-9/h2-4,6-7,11,19H,5H2,1H3,(H,14,20). The van der Waals surface area contributed by atoms with Crippen molar-refractivity contribution in [1.82, 2.24) is 24.9 Å². The monoisotopic (exact) mass is 303 g/mol. The Balaban J connectivity index is 1.73. The Morgan fingerprint density at radius 2 is 2.38 bits per heavy atom. The van der Waals surface area contributed by atoms with E-state index in [4.69, 9.17) is 0 Å². The van der Waals surface area contributed by atoms with E-state index < -0.39 is 6.10 Å². The highest BCUT2D eigenvalue weighted by Gasteiger charge is 2.15. The Hall–Kier alpha value is -2.32. The smallest absolute Gasteiger partial charge is 0.254 e. The van der Waals surface area contributed by atoms with Crippen LogP contribution in [0.5, 0.6) is 0 Å². The minimum atomic E-state index is -0.719. The minimum absolute atomic E-state index is 0.143. The van der Waals surface area contributed by atoms with Gasteiger partial charge in [-0.1, -0.05) is 0 Å². The summed E-state index contributed by atoms with van der Waals surface area (Å²) in [6.07, 6.45) is 2.13. The van der Waals surface area contributed by atoms with Gasteiger partial charge < -0.3 is 10.4 Å². The maximum absolute atomic E-state index is 12.2. The quantitative estimate of drug-likeness (QED) is 0.749. The van der Waals surface area contributed by atoms with Crippen LogP contribution in [0.1, 0.15) is 27.7 Å². The van der Waals surface area contributed by atoms with Crippen LogP contribution in [0.2, 0.25) is 0 Å². The Kier molecular flexibility index (Phi) is 3.63. The molecule has 108 valence electrons. The van der Waals surface area contributed by atoms with E-state index in [0.29, 0.717) is 17.0 Å². The van der Waals surface area contributed by atoms with E-state index in [2.05, 4.69) is 20.4 Å². The van der Waals surface area contributed by atoms with Crippen molar-refractivity contribution in [3.8, 4) is 0 Å². The molecule has 8 heteroatoms. The normalized spacial score (nSPS) is 12.5. The third-order valence-corrected chi connectivity index (χ3v) is 3.88. The van der Waals surface area contributed by atoms with E-state index >= 15 is 0 Å². The summed E-state index contributed by atoms with van der Waals surface area (Å²) < 4.78 is 1.50. The fourth-order valence-electron chi connectivity index (χ4n) is 1.98. The summed E-state index contributed by atoms with van der Waals surface area (Å²) in [4.78, 5) is 20.2. The number of aryl methyl sites for hydroxylation is 1. The van der Waals surface area contributed by atoms with Crippen molar-refractivity contribution in [1.29, 1.82) is 0 Å². The van der Waals surface area contributed by atoms with Crippen molar-refractivity contribution in [3.63, 3.8) is 0 Å². The number of carbonyl (C=O) groups is 1. The number of nitrogens with one attached hydrogen (secondary N) is 1. The van der Waals surface area contributed by atoms with Crippen LogP contribution in [-0.4, -0.2) is 37.1 Å². The summed E-state index contributed by atoms with van der Waals surface area (Å²) in [5.74, 6) is 0.147. The topological polar surface area (TPSA) is 92.4 Å². The molecular weight excluding hydrogens is 290 g/mol. The molecule has 0 aromatic carbocycles. The van der Waals surface area contributed by atoms with Gasteiger partial charge in [0.25, 0.3) is 11.7 Å². The van der Waals surface area contributed by atoms with Gasteiger partial charge in [-0.3, -0.25) is 4.79 Å². The van der Waals surface area contributed by atoms with Crippen molar-refractivity contribution < 1.29 is 9.90 Å². The van der Waals surface area contributed by atoms with Gasteiger partial charge in [0, 0.05) is 12.7 Å². The Bertz CT molecular complexity index is 768. The van der Waals surface area contributed by atoms with Gasteiger partial charge in [0.2, 0.25) is 0 Å². The van der Waals surface area contributed by atoms with Crippen molar-refractivity contribution in [2.75, 3.05) is 6.54 Å². The predicted molar refractivity (Wildman–Crippen MR) is 77.1 cm³/mol. The highest BCUT2D eigenvalue weighted by Crippen LogP contribution is 2.15. The number of thiophene rings is 1. The van der Waals surface area contributed by atoms with Gasteiger partial charge in [0.05, 0.1) is 17.4 Å². The van der Waals surface area contributed by atoms with Crippen molar-refractivity contribution in [2.45, 2.75) is 13.0 Å². The average Bonchev–Trinajstić information content (AvgIpc) is 3.15. The molecule has 0 radical (unpaired) electrons. The number of aliphatic hydroxyl groups excluding tert-OH is 1. The number of amides is 1. The second kappa shape index (κ2) is 5.58. The lowest BCUT2D eigenvalue weighted by Crippen LogP contribution is -2.29. The van der Waals surface area contributed by atoms with E-state index in [9.17, 15) is 9.90 Å². The number of fused-ring (bicyclic) bond motifs is 1. The lowest BCUT2D eigenvalue weighted by molar-refractivity contribution is 0.0915. The predicted octanol–water partition coefficient (Wildman–Crippen LogP) is 0.958. The number of nitrogens with zero attached hydrogens (tertiary/aromatic N) is 4. The van der Waals surface area contributed by atoms with Crippen LogP contribution in [0.25, 0.3) is 5.78 Å². The van der Waals surface area contributed by atoms with Crippen molar-refractivity contribution in [2.24, 2.45) is 0 Å². The van der Waals surface area contributed by atoms with E-state index in [1.165, 1.54) is 28.4 Å². The molecule has 0 saturated carbocycles. The lowest BCUT2D eigenvalue weighted by atomic mass is 10.2. The number of aliphatic hydroxyl groups is 1. The van der Waals surface area contributed by atoms with Crippen LogP contribution in [0.15, 0.2) is 29.4 Å². The molecule has 1 unspecified atom stereocenters. The van der Waals surface area contributed by atoms with Gasteiger partial charge in [-0.25, -0.2) is 9.50 Å². The fourth-order valence-corrected chi connectivity index (χ4v) is 2.69. The summed E-state index contributed by atoms with van der Waals surface area (Å²) in [5, 5.41) is 20.4. The molecule has 7 nitrogen and oxygen atoms in total. The number of rotatable bonds is 4. The first-order valence-electron chi connectivity index (χ1n) is 6.30. The second-order valence-corrected chi connectivity index (χ2v) is 5.29. The lowest BCUT2D eigenvalue weighted by Gasteiger charge is -2.11. The molecule has 0 aliphatic rings. The molecule has 21 heavy (non-hydrogen) atoms. The number of hydrogen-bond acceptors (Lipinski definition) is 6. The zero-order chi connectivity index (χ0) is 14.8. The summed E-state index contributed by atoms with van der Waals surface area (Å²) in [6, 6.07) is 1.83. The molecule has 3 aromatic rings. The van der Waals surface area contributed by atoms with Crippen LogP contribution < -0.4 is 5.32 Å². The van der Waals surface area contributed by atoms with Gasteiger partial charge >= 0.3 is 0 Å². The van der Waals surface area contributed by atoms with E-state index in [1.807, 2.05) is 16.8 Å². The molecule has 3 aromatic heterocycles. The average molecular weight is 303 g/mol. The van der Waals surface area contributed by atoms with Crippen molar-refractivity contribution >= 4 is 23.0 Å². The van der Waals surface area contributed by atoms with E-state index in [0.717, 1.165) is 5.56 Å². The molecule has 0 saturated heterocycles. The van der Waals surface area contributed by atoms with Crippen LogP contribution in [0.4, 0.5) is 0 Å². The molecule has 0 bridgehead atoms. The van der Waals surface area contributed by atoms with Gasteiger partial charge in [0.15, 0.2) is 0 Å². The molecule has 3 rings (SSSR count). The van der Waals surface area contributed by atoms with Crippen LogP contribution in [0, 0.1) is 6.92 Å². The van der Waals surface area contributed by atoms with E-state index in [1.54, 1.807) is 6.92 Å². The van der Waals surface area contributed by atoms with Gasteiger partial charge in [-0.15, -0.1) is 0 Å². The maximum Gasteiger partial charge on any atom is 0.254 e. The fraction of sp³-hybridized carbons (Fsp3) is 0.231. The number of aromatic nitrogens is 4. The SMILES string of the molecule is Cc1c(C(=O)NCC(O)c2ccsc2)cnc2ncnn12. The molecule has 0 aliphatic heterocycles. The molecule has 0 spiro atoms. The number of hydrogen-bond donors (Lipinski definition) is 2. The summed E-state index contributed by atoms with van der Waals surface area (Å²) in [6.45, 7) is 1.91. The zero-order valence-electron chi connectivity index (χ0n) is 11.2. The van der Waals surface area contributed by atoms with Crippen LogP contribution in [0.3, 0.4) is 0 Å². The molecular formula is C13H13N5O2S. The Morgan fingerprint density at radius 3 is 3.14 bits per heavy atom. The third-order valence-electron chi connectivity index (χ3n) is 3.17. The molecule has 0 aliphatic carbocycles. The van der Waals surface area contributed by atoms with Crippen molar-refractivity contribution in [3.05, 3.63) is 46.2 Å². The molecule has 1 amide bonds. The number of carbonyl (C=O) groups excluding carboxylic acids is 1. The highest BCUT2D eigenvalue weighted by molar-refractivity contribution is 7.07. The molecule has 3 heterocycles. The largest absolute Gasteiger partial charge is 0.387 e. The van der Waals surface area contributed by atoms with Crippen LogP contribution in [-0.2, 0) is 0 Å². The Labute approximate surface area is 124 Å². The second-order valence-electron chi connectivity index (χ2n) is 4.51. The first-order chi connectivity index (χ1) is 10.2. The zero-order valence-corrected chi connectivity index (χ0v) is 12.0. The molecule has 1 atom stereocenters. The van der Waals surface area contributed by atoms with Gasteiger partial charge in [-0.05, 0) is 29.3 Å². The molecule has 2 N–H and O–H groups in total. The van der Waals surface area contributed by atoms with Gasteiger partial charge in [-0.2, -0.15) is 21.4 Å². The minimum Gasteiger partial charge on any atom is -0.387 e. The third kappa shape index (κ3) is 2.63. The van der Waals surface area contributed by atoms with Crippen LogP contribution >= 0.6 is 11.3 Å². The van der Waals surface area contributed by atoms with Gasteiger partial charge in [0.1, 0.15) is 6.33 Å². The highest BCUT2D eigenvalue weighted by atomic mass is 32.1. The first kappa shape index (κ1) is 13.7. The van der Waals surface area contributed by atoms with E-state index in [-0.39, 0.29) is 12.5 Å². The Morgan fingerprint density at radius 1 is 1.52 bits per heavy atom.